The van der Waals surface area contributed by atoms with Crippen LogP contribution in [0, 0.1) is 0 Å². The Bertz CT molecular complexity index is 925. The fourth-order valence-corrected chi connectivity index (χ4v) is 2.75. The number of nitrogens with one attached hydrogen (secondary N) is 1. The van der Waals surface area contributed by atoms with Gasteiger partial charge in [0, 0.05) is 6.07 Å². The van der Waals surface area contributed by atoms with Crippen molar-refractivity contribution < 1.29 is 19.0 Å². The second kappa shape index (κ2) is 8.85. The minimum Gasteiger partial charge on any atom is -0.497 e. The Morgan fingerprint density at radius 2 is 1.61 bits per heavy atom. The van der Waals surface area contributed by atoms with Gasteiger partial charge in [0.1, 0.15) is 11.4 Å². The summed E-state index contributed by atoms with van der Waals surface area (Å²) in [7, 11) is 4.50. The summed E-state index contributed by atoms with van der Waals surface area (Å²) in [6.07, 6.45) is 0. The van der Waals surface area contributed by atoms with Gasteiger partial charge in [0.05, 0.1) is 27.4 Å². The van der Waals surface area contributed by atoms with Gasteiger partial charge in [-0.05, 0) is 23.3 Å². The molecule has 0 fully saturated rings. The Morgan fingerprint density at radius 3 is 2.29 bits per heavy atom. The maximum absolute atomic E-state index is 12.9. The van der Waals surface area contributed by atoms with Gasteiger partial charge in [-0.3, -0.25) is 4.79 Å². The van der Waals surface area contributed by atoms with Gasteiger partial charge in [-0.1, -0.05) is 42.5 Å². The number of carbonyl (C=O) groups excluding carboxylic acids is 1. The standard InChI is InChI=1S/C21H21N3O4/c1-26-16-11-7-10-15(12-16)19(14-8-5-4-6-9-14)24-20(25)17-13-18(27-2)23-21(22-17)28-3/h4-13,19H,1-3H3,(H,24,25)/t19-/m0/s1. The van der Waals surface area contributed by atoms with Crippen molar-refractivity contribution in [2.75, 3.05) is 21.3 Å². The number of benzene rings is 2. The molecular weight excluding hydrogens is 358 g/mol. The van der Waals surface area contributed by atoms with E-state index >= 15 is 0 Å². The molecule has 1 amide bonds. The maximum atomic E-state index is 12.9. The predicted molar refractivity (Wildman–Crippen MR) is 104 cm³/mol. The first-order valence-corrected chi connectivity index (χ1v) is 8.61. The molecular formula is C21H21N3O4. The molecule has 1 atom stereocenters. The molecule has 1 heterocycles. The lowest BCUT2D eigenvalue weighted by atomic mass is 9.98. The highest BCUT2D eigenvalue weighted by molar-refractivity contribution is 5.93. The molecule has 28 heavy (non-hydrogen) atoms. The summed E-state index contributed by atoms with van der Waals surface area (Å²) in [4.78, 5) is 21.1. The topological polar surface area (TPSA) is 82.6 Å². The van der Waals surface area contributed by atoms with Gasteiger partial charge >= 0.3 is 6.01 Å². The molecule has 0 radical (unpaired) electrons. The molecule has 7 nitrogen and oxygen atoms in total. The molecule has 3 aromatic rings. The molecule has 144 valence electrons. The second-order valence-corrected chi connectivity index (χ2v) is 5.88. The van der Waals surface area contributed by atoms with Crippen LogP contribution in [-0.2, 0) is 0 Å². The van der Waals surface area contributed by atoms with Crippen molar-refractivity contribution in [3.05, 3.63) is 77.5 Å². The molecule has 1 N–H and O–H groups in total. The smallest absolute Gasteiger partial charge is 0.320 e. The fraction of sp³-hybridized carbons (Fsp3) is 0.190. The first-order chi connectivity index (χ1) is 13.6. The molecule has 0 aliphatic carbocycles. The minimum absolute atomic E-state index is 0.0575. The third-order valence-corrected chi connectivity index (χ3v) is 4.14. The van der Waals surface area contributed by atoms with Crippen LogP contribution in [-0.4, -0.2) is 37.2 Å². The number of ether oxygens (including phenoxy) is 3. The lowest BCUT2D eigenvalue weighted by Gasteiger charge is -2.20. The number of methoxy groups -OCH3 is 3. The van der Waals surface area contributed by atoms with E-state index in [4.69, 9.17) is 14.2 Å². The normalized spacial score (nSPS) is 11.4. The summed E-state index contributed by atoms with van der Waals surface area (Å²) in [5.74, 6) is 0.573. The molecule has 0 saturated carbocycles. The van der Waals surface area contributed by atoms with Crippen LogP contribution in [0.15, 0.2) is 60.7 Å². The summed E-state index contributed by atoms with van der Waals surface area (Å²) >= 11 is 0. The van der Waals surface area contributed by atoms with E-state index in [1.807, 2.05) is 54.6 Å². The Hall–Kier alpha value is -3.61. The third kappa shape index (κ3) is 4.37. The number of amides is 1. The Labute approximate surface area is 163 Å². The maximum Gasteiger partial charge on any atom is 0.320 e. The number of hydrogen-bond acceptors (Lipinski definition) is 6. The Kier molecular flexibility index (Phi) is 6.06. The molecule has 0 saturated heterocycles. The second-order valence-electron chi connectivity index (χ2n) is 5.88. The van der Waals surface area contributed by atoms with Crippen LogP contribution in [0.25, 0.3) is 0 Å². The lowest BCUT2D eigenvalue weighted by Crippen LogP contribution is -2.30. The van der Waals surface area contributed by atoms with Crippen molar-refractivity contribution in [2.24, 2.45) is 0 Å². The van der Waals surface area contributed by atoms with Crippen LogP contribution in [0.4, 0.5) is 0 Å². The van der Waals surface area contributed by atoms with Crippen molar-refractivity contribution in [1.29, 1.82) is 0 Å². The number of carbonyl (C=O) groups is 1. The zero-order valence-electron chi connectivity index (χ0n) is 15.9. The highest BCUT2D eigenvalue weighted by atomic mass is 16.5. The largest absolute Gasteiger partial charge is 0.497 e. The van der Waals surface area contributed by atoms with E-state index in [9.17, 15) is 4.79 Å². The first kappa shape index (κ1) is 19.2. The molecule has 2 aromatic carbocycles. The third-order valence-electron chi connectivity index (χ3n) is 4.14. The molecule has 0 aliphatic heterocycles. The van der Waals surface area contributed by atoms with Gasteiger partial charge in [-0.15, -0.1) is 0 Å². The van der Waals surface area contributed by atoms with Crippen molar-refractivity contribution in [1.82, 2.24) is 15.3 Å². The Balaban J connectivity index is 1.97. The molecule has 1 aromatic heterocycles. The molecule has 0 unspecified atom stereocenters. The summed E-state index contributed by atoms with van der Waals surface area (Å²) < 4.78 is 15.5. The van der Waals surface area contributed by atoms with Crippen LogP contribution < -0.4 is 19.5 Å². The van der Waals surface area contributed by atoms with E-state index in [-0.39, 0.29) is 23.5 Å². The van der Waals surface area contributed by atoms with Crippen LogP contribution in [0.5, 0.6) is 17.6 Å². The zero-order chi connectivity index (χ0) is 19.9. The lowest BCUT2D eigenvalue weighted by molar-refractivity contribution is 0.0936. The van der Waals surface area contributed by atoms with Gasteiger partial charge in [0.2, 0.25) is 5.88 Å². The van der Waals surface area contributed by atoms with Crippen molar-refractivity contribution in [2.45, 2.75) is 6.04 Å². The summed E-state index contributed by atoms with van der Waals surface area (Å²) in [6, 6.07) is 18.4. The predicted octanol–water partition coefficient (Wildman–Crippen LogP) is 3.02. The van der Waals surface area contributed by atoms with E-state index in [2.05, 4.69) is 15.3 Å². The monoisotopic (exact) mass is 379 g/mol. The van der Waals surface area contributed by atoms with Crippen molar-refractivity contribution >= 4 is 5.91 Å². The first-order valence-electron chi connectivity index (χ1n) is 8.61. The van der Waals surface area contributed by atoms with Crippen molar-refractivity contribution in [3.63, 3.8) is 0 Å². The highest BCUT2D eigenvalue weighted by Crippen LogP contribution is 2.26. The number of aromatic nitrogens is 2. The van der Waals surface area contributed by atoms with Gasteiger partial charge in [-0.2, -0.15) is 9.97 Å². The van der Waals surface area contributed by atoms with E-state index in [1.54, 1.807) is 7.11 Å². The van der Waals surface area contributed by atoms with E-state index in [0.29, 0.717) is 5.75 Å². The SMILES string of the molecule is COc1cccc([C@@H](NC(=O)c2cc(OC)nc(OC)n2)c2ccccc2)c1. The van der Waals surface area contributed by atoms with Crippen LogP contribution >= 0.6 is 0 Å². The van der Waals surface area contributed by atoms with E-state index < -0.39 is 6.04 Å². The van der Waals surface area contributed by atoms with Gasteiger partial charge in [0.25, 0.3) is 5.91 Å². The van der Waals surface area contributed by atoms with E-state index in [1.165, 1.54) is 20.3 Å². The van der Waals surface area contributed by atoms with E-state index in [0.717, 1.165) is 11.1 Å². The highest BCUT2D eigenvalue weighted by Gasteiger charge is 2.20. The summed E-state index contributed by atoms with van der Waals surface area (Å²) in [5.41, 5.74) is 1.96. The average molecular weight is 379 g/mol. The number of nitrogens with zero attached hydrogens (tertiary/aromatic N) is 2. The van der Waals surface area contributed by atoms with Gasteiger partial charge in [0.15, 0.2) is 0 Å². The number of hydrogen-bond donors (Lipinski definition) is 1. The zero-order valence-corrected chi connectivity index (χ0v) is 15.9. The van der Waals surface area contributed by atoms with Crippen LogP contribution in [0.3, 0.4) is 0 Å². The molecule has 7 heteroatoms. The molecule has 0 aliphatic rings. The minimum atomic E-state index is -0.393. The fourth-order valence-electron chi connectivity index (χ4n) is 2.75. The molecule has 3 rings (SSSR count). The van der Waals surface area contributed by atoms with Gasteiger partial charge in [-0.25, -0.2) is 0 Å². The quantitative estimate of drug-likeness (QED) is 0.679. The van der Waals surface area contributed by atoms with Gasteiger partial charge < -0.3 is 19.5 Å². The molecule has 0 spiro atoms. The average Bonchev–Trinajstić information content (AvgIpc) is 2.77. The van der Waals surface area contributed by atoms with Crippen LogP contribution in [0.1, 0.15) is 27.7 Å². The molecule has 0 bridgehead atoms. The summed E-state index contributed by atoms with van der Waals surface area (Å²) in [5, 5.41) is 3.02. The van der Waals surface area contributed by atoms with Crippen LogP contribution in [0.2, 0.25) is 0 Å². The van der Waals surface area contributed by atoms with Crippen molar-refractivity contribution in [3.8, 4) is 17.6 Å². The summed E-state index contributed by atoms with van der Waals surface area (Å²) in [6.45, 7) is 0. The number of rotatable bonds is 7. The Morgan fingerprint density at radius 1 is 0.857 bits per heavy atom.